The maximum atomic E-state index is 6.03. The van der Waals surface area contributed by atoms with E-state index in [1.54, 1.807) is 0 Å². The quantitative estimate of drug-likeness (QED) is 0.623. The number of hydrogen-bond donors (Lipinski definition) is 0. The third-order valence-electron chi connectivity index (χ3n) is 3.68. The average molecular weight is 295 g/mol. The molecule has 0 aliphatic carbocycles. The van der Waals surface area contributed by atoms with Crippen molar-refractivity contribution in [3.8, 4) is 0 Å². The smallest absolute Gasteiger partial charge is 0.191 e. The molecule has 2 heteroatoms. The Morgan fingerprint density at radius 2 is 1.38 bits per heavy atom. The predicted octanol–water partition coefficient (Wildman–Crippen LogP) is 4.57. The molecule has 1 heterocycles. The van der Waals surface area contributed by atoms with E-state index >= 15 is 0 Å². The number of nitrogens with zero attached hydrogens (tertiary/aromatic N) is 1. The second kappa shape index (κ2) is 6.11. The van der Waals surface area contributed by atoms with Crippen molar-refractivity contribution in [2.45, 2.75) is 13.0 Å². The van der Waals surface area contributed by atoms with Crippen molar-refractivity contribution < 1.29 is 4.57 Å². The van der Waals surface area contributed by atoms with E-state index in [1.165, 1.54) is 16.8 Å². The zero-order chi connectivity index (χ0) is 14.7. The fourth-order valence-electron chi connectivity index (χ4n) is 2.62. The Morgan fingerprint density at radius 3 is 2.05 bits per heavy atom. The molecule has 0 N–H and O–H groups in total. The lowest BCUT2D eigenvalue weighted by Crippen LogP contribution is -2.43. The summed E-state index contributed by atoms with van der Waals surface area (Å²) in [6.45, 7) is 2.13. The molecule has 0 saturated heterocycles. The van der Waals surface area contributed by atoms with Crippen molar-refractivity contribution in [3.63, 3.8) is 0 Å². The molecule has 0 aliphatic rings. The van der Waals surface area contributed by atoms with Gasteiger partial charge in [0.1, 0.15) is 0 Å². The topological polar surface area (TPSA) is 3.88 Å². The van der Waals surface area contributed by atoms with Gasteiger partial charge in [-0.1, -0.05) is 60.1 Å². The molecule has 0 radical (unpaired) electrons. The standard InChI is InChI=1S/C19H17ClN/c1-15-7-5-6-14-21(15)19(16-8-3-2-4-9-16)17-10-12-18(20)13-11-17/h2-14,19H,1H3/q+1/t19-/m1/s1. The highest BCUT2D eigenvalue weighted by molar-refractivity contribution is 6.30. The van der Waals surface area contributed by atoms with Gasteiger partial charge in [-0.15, -0.1) is 0 Å². The lowest BCUT2D eigenvalue weighted by atomic mass is 9.98. The van der Waals surface area contributed by atoms with Crippen LogP contribution < -0.4 is 4.57 Å². The molecule has 0 amide bonds. The third-order valence-corrected chi connectivity index (χ3v) is 3.93. The first-order valence-electron chi connectivity index (χ1n) is 7.03. The minimum absolute atomic E-state index is 0.157. The lowest BCUT2D eigenvalue weighted by Gasteiger charge is -2.15. The fourth-order valence-corrected chi connectivity index (χ4v) is 2.75. The summed E-state index contributed by atoms with van der Waals surface area (Å²) >= 11 is 6.03. The largest absolute Gasteiger partial charge is 0.209 e. The molecule has 1 aromatic heterocycles. The molecule has 104 valence electrons. The molecule has 0 aliphatic heterocycles. The molecular formula is C19H17ClN+. The van der Waals surface area contributed by atoms with Gasteiger partial charge >= 0.3 is 0 Å². The molecule has 0 fully saturated rings. The van der Waals surface area contributed by atoms with Gasteiger partial charge in [-0.05, 0) is 12.1 Å². The highest BCUT2D eigenvalue weighted by atomic mass is 35.5. The van der Waals surface area contributed by atoms with Crippen LogP contribution in [0, 0.1) is 6.92 Å². The number of aromatic nitrogens is 1. The Hall–Kier alpha value is -2.12. The monoisotopic (exact) mass is 294 g/mol. The van der Waals surface area contributed by atoms with E-state index in [9.17, 15) is 0 Å². The number of rotatable bonds is 3. The van der Waals surface area contributed by atoms with Crippen molar-refractivity contribution >= 4 is 11.6 Å². The highest BCUT2D eigenvalue weighted by Crippen LogP contribution is 2.23. The molecule has 2 aromatic carbocycles. The summed E-state index contributed by atoms with van der Waals surface area (Å²) in [6.07, 6.45) is 2.13. The van der Waals surface area contributed by atoms with E-state index in [1.807, 2.05) is 18.2 Å². The summed E-state index contributed by atoms with van der Waals surface area (Å²) in [5.41, 5.74) is 3.71. The SMILES string of the molecule is Cc1cccc[n+]1[C@H](c1ccccc1)c1ccc(Cl)cc1. The van der Waals surface area contributed by atoms with Crippen LogP contribution in [0.4, 0.5) is 0 Å². The van der Waals surface area contributed by atoms with E-state index in [-0.39, 0.29) is 6.04 Å². The van der Waals surface area contributed by atoms with Crippen LogP contribution in [0.2, 0.25) is 5.02 Å². The van der Waals surface area contributed by atoms with Crippen molar-refractivity contribution in [1.82, 2.24) is 0 Å². The molecule has 21 heavy (non-hydrogen) atoms. The summed E-state index contributed by atoms with van der Waals surface area (Å²) in [5.74, 6) is 0. The van der Waals surface area contributed by atoms with Gasteiger partial charge in [0, 0.05) is 35.2 Å². The Bertz CT molecular complexity index is 720. The maximum Gasteiger partial charge on any atom is 0.209 e. The van der Waals surface area contributed by atoms with Gasteiger partial charge in [-0.25, -0.2) is 0 Å². The Morgan fingerprint density at radius 1 is 0.762 bits per heavy atom. The van der Waals surface area contributed by atoms with Gasteiger partial charge in [0.05, 0.1) is 0 Å². The molecular weight excluding hydrogens is 278 g/mol. The molecule has 3 aromatic rings. The van der Waals surface area contributed by atoms with Crippen LogP contribution in [0.15, 0.2) is 79.0 Å². The molecule has 1 nitrogen and oxygen atoms in total. The molecule has 0 unspecified atom stereocenters. The molecule has 1 atom stereocenters. The van der Waals surface area contributed by atoms with Crippen LogP contribution in [0.3, 0.4) is 0 Å². The van der Waals surface area contributed by atoms with Crippen LogP contribution in [-0.2, 0) is 0 Å². The molecule has 0 bridgehead atoms. The minimum atomic E-state index is 0.157. The lowest BCUT2D eigenvalue weighted by molar-refractivity contribution is -0.710. The van der Waals surface area contributed by atoms with E-state index in [2.05, 4.69) is 72.3 Å². The Labute approximate surface area is 130 Å². The number of halogens is 1. The normalized spacial score (nSPS) is 12.1. The maximum absolute atomic E-state index is 6.03. The second-order valence-electron chi connectivity index (χ2n) is 5.11. The molecule has 0 saturated carbocycles. The summed E-state index contributed by atoms with van der Waals surface area (Å²) in [4.78, 5) is 0. The minimum Gasteiger partial charge on any atom is -0.191 e. The first kappa shape index (κ1) is 13.8. The van der Waals surface area contributed by atoms with Gasteiger partial charge < -0.3 is 0 Å². The van der Waals surface area contributed by atoms with Gasteiger partial charge in [-0.3, -0.25) is 0 Å². The fraction of sp³-hybridized carbons (Fsp3) is 0.105. The van der Waals surface area contributed by atoms with Crippen LogP contribution in [0.5, 0.6) is 0 Å². The highest BCUT2D eigenvalue weighted by Gasteiger charge is 2.24. The number of hydrogen-bond acceptors (Lipinski definition) is 0. The van der Waals surface area contributed by atoms with Crippen LogP contribution >= 0.6 is 11.6 Å². The van der Waals surface area contributed by atoms with Gasteiger partial charge in [-0.2, -0.15) is 4.57 Å². The number of aryl methyl sites for hydroxylation is 1. The Balaban J connectivity index is 2.16. The summed E-state index contributed by atoms with van der Waals surface area (Å²) in [6, 6.07) is 25.1. The van der Waals surface area contributed by atoms with Crippen molar-refractivity contribution in [1.29, 1.82) is 0 Å². The average Bonchev–Trinajstić information content (AvgIpc) is 2.52. The predicted molar refractivity (Wildman–Crippen MR) is 86.5 cm³/mol. The summed E-state index contributed by atoms with van der Waals surface area (Å²) in [7, 11) is 0. The summed E-state index contributed by atoms with van der Waals surface area (Å²) in [5, 5.41) is 0.764. The van der Waals surface area contributed by atoms with Crippen molar-refractivity contribution in [2.24, 2.45) is 0 Å². The van der Waals surface area contributed by atoms with Crippen molar-refractivity contribution in [2.75, 3.05) is 0 Å². The first-order chi connectivity index (χ1) is 10.3. The van der Waals surface area contributed by atoms with E-state index in [0.717, 1.165) is 5.02 Å². The second-order valence-corrected chi connectivity index (χ2v) is 5.55. The van der Waals surface area contributed by atoms with Crippen LogP contribution in [-0.4, -0.2) is 0 Å². The number of benzene rings is 2. The molecule has 3 rings (SSSR count). The van der Waals surface area contributed by atoms with Gasteiger partial charge in [0.15, 0.2) is 11.9 Å². The summed E-state index contributed by atoms with van der Waals surface area (Å²) < 4.78 is 2.29. The van der Waals surface area contributed by atoms with Gasteiger partial charge in [0.2, 0.25) is 6.04 Å². The van der Waals surface area contributed by atoms with E-state index in [4.69, 9.17) is 11.6 Å². The third kappa shape index (κ3) is 2.98. The number of pyridine rings is 1. The van der Waals surface area contributed by atoms with Crippen molar-refractivity contribution in [3.05, 3.63) is 101 Å². The van der Waals surface area contributed by atoms with Crippen LogP contribution in [0.1, 0.15) is 22.9 Å². The van der Waals surface area contributed by atoms with Gasteiger partial charge in [0.25, 0.3) is 0 Å². The van der Waals surface area contributed by atoms with Crippen LogP contribution in [0.25, 0.3) is 0 Å². The molecule has 0 spiro atoms. The zero-order valence-electron chi connectivity index (χ0n) is 11.9. The Kier molecular flexibility index (Phi) is 4.03. The van der Waals surface area contributed by atoms with E-state index in [0.29, 0.717) is 0 Å². The zero-order valence-corrected chi connectivity index (χ0v) is 12.7. The van der Waals surface area contributed by atoms with E-state index < -0.39 is 0 Å². The first-order valence-corrected chi connectivity index (χ1v) is 7.41.